The predicted molar refractivity (Wildman–Crippen MR) is 118 cm³/mol. The van der Waals surface area contributed by atoms with Crippen LogP contribution < -0.4 is 15.4 Å². The van der Waals surface area contributed by atoms with E-state index in [4.69, 9.17) is 10.2 Å². The first-order valence-corrected chi connectivity index (χ1v) is 11.5. The van der Waals surface area contributed by atoms with Crippen LogP contribution in [0.15, 0.2) is 46.9 Å². The molecule has 3 N–H and O–H groups in total. The Labute approximate surface area is 185 Å². The van der Waals surface area contributed by atoms with E-state index >= 15 is 0 Å². The van der Waals surface area contributed by atoms with Gasteiger partial charge in [0.25, 0.3) is 5.91 Å². The number of amides is 1. The lowest BCUT2D eigenvalue weighted by Gasteiger charge is -2.19. The Morgan fingerprint density at radius 2 is 1.81 bits per heavy atom. The molecule has 2 aromatic carbocycles. The molecule has 3 aromatic rings. The molecule has 1 heterocycles. The number of sulfonamides is 1. The molecule has 3 rings (SSSR count). The van der Waals surface area contributed by atoms with Crippen LogP contribution in [-0.2, 0) is 10.0 Å². The second-order valence-corrected chi connectivity index (χ2v) is 9.49. The molecule has 9 nitrogen and oxygen atoms in total. The average molecular weight is 462 g/mol. The minimum atomic E-state index is -3.60. The predicted octanol–water partition coefficient (Wildman–Crippen LogP) is 2.78. The Bertz CT molecular complexity index is 1230. The third-order valence-electron chi connectivity index (χ3n) is 4.84. The second kappa shape index (κ2) is 9.05. The summed E-state index contributed by atoms with van der Waals surface area (Å²) >= 11 is 0. The molecule has 32 heavy (non-hydrogen) atoms. The zero-order valence-electron chi connectivity index (χ0n) is 18.0. The Morgan fingerprint density at radius 3 is 2.38 bits per heavy atom. The van der Waals surface area contributed by atoms with Gasteiger partial charge in [-0.05, 0) is 49.7 Å². The highest BCUT2D eigenvalue weighted by atomic mass is 32.2. The van der Waals surface area contributed by atoms with Crippen molar-refractivity contribution in [3.8, 4) is 11.5 Å². The maximum absolute atomic E-state index is 13.2. The fourth-order valence-electron chi connectivity index (χ4n) is 2.89. The first kappa shape index (κ1) is 23.4. The van der Waals surface area contributed by atoms with Gasteiger partial charge in [-0.2, -0.15) is 0 Å². The number of nitrogens with one attached hydrogen (secondary N) is 1. The van der Waals surface area contributed by atoms with Crippen LogP contribution in [0.4, 0.5) is 10.1 Å². The van der Waals surface area contributed by atoms with Gasteiger partial charge in [0.2, 0.25) is 21.8 Å². The number of anilines is 1. The zero-order chi connectivity index (χ0) is 23.6. The summed E-state index contributed by atoms with van der Waals surface area (Å²) < 4.78 is 43.9. The summed E-state index contributed by atoms with van der Waals surface area (Å²) in [6.45, 7) is 3.44. The van der Waals surface area contributed by atoms with E-state index in [1.54, 1.807) is 26.0 Å². The molecule has 0 bridgehead atoms. The molecule has 1 aromatic heterocycles. The van der Waals surface area contributed by atoms with Crippen molar-refractivity contribution < 1.29 is 22.0 Å². The largest absolute Gasteiger partial charge is 0.419 e. The van der Waals surface area contributed by atoms with Crippen molar-refractivity contribution in [3.05, 3.63) is 65.3 Å². The average Bonchev–Trinajstić information content (AvgIpc) is 3.23. The van der Waals surface area contributed by atoms with Crippen molar-refractivity contribution in [3.63, 3.8) is 0 Å². The Morgan fingerprint density at radius 1 is 1.16 bits per heavy atom. The fraction of sp³-hybridized carbons (Fsp3) is 0.286. The van der Waals surface area contributed by atoms with E-state index in [9.17, 15) is 17.6 Å². The molecule has 0 radical (unpaired) electrons. The maximum atomic E-state index is 13.2. The second-order valence-electron chi connectivity index (χ2n) is 7.48. The summed E-state index contributed by atoms with van der Waals surface area (Å²) in [4.78, 5) is 13.0. The number of nitrogens with zero attached hydrogens (tertiary/aromatic N) is 3. The number of carbonyl (C=O) groups excluding carboxylic acids is 1. The van der Waals surface area contributed by atoms with E-state index in [-0.39, 0.29) is 28.8 Å². The molecule has 0 aliphatic heterocycles. The van der Waals surface area contributed by atoms with Crippen molar-refractivity contribution in [2.24, 2.45) is 5.73 Å². The Hall–Kier alpha value is -3.31. The normalized spacial score (nSPS) is 13.4. The smallest absolute Gasteiger partial charge is 0.251 e. The van der Waals surface area contributed by atoms with E-state index in [1.807, 2.05) is 0 Å². The molecule has 0 spiro atoms. The third-order valence-corrected chi connectivity index (χ3v) is 6.04. The molecular formula is C21H24FN5O4S. The van der Waals surface area contributed by atoms with Gasteiger partial charge in [0.1, 0.15) is 5.82 Å². The number of benzene rings is 2. The Balaban J connectivity index is 1.99. The zero-order valence-corrected chi connectivity index (χ0v) is 18.9. The summed E-state index contributed by atoms with van der Waals surface area (Å²) in [7, 11) is -2.22. The van der Waals surface area contributed by atoms with Crippen LogP contribution in [0.2, 0.25) is 0 Å². The van der Waals surface area contributed by atoms with Crippen LogP contribution in [0, 0.1) is 5.82 Å². The highest BCUT2D eigenvalue weighted by molar-refractivity contribution is 7.92. The minimum Gasteiger partial charge on any atom is -0.419 e. The van der Waals surface area contributed by atoms with Crippen LogP contribution in [-0.4, -0.2) is 37.8 Å². The van der Waals surface area contributed by atoms with Crippen molar-refractivity contribution in [2.45, 2.75) is 25.9 Å². The van der Waals surface area contributed by atoms with Gasteiger partial charge in [-0.15, -0.1) is 10.2 Å². The van der Waals surface area contributed by atoms with Crippen molar-refractivity contribution in [1.29, 1.82) is 0 Å². The fourth-order valence-corrected chi connectivity index (χ4v) is 3.38. The lowest BCUT2D eigenvalue weighted by atomic mass is 10.1. The number of hydrogen-bond donors (Lipinski definition) is 2. The van der Waals surface area contributed by atoms with Gasteiger partial charge in [-0.1, -0.05) is 12.1 Å². The number of nitrogens with two attached hydrogens (primary N) is 1. The SMILES string of the molecule is CC(N)c1nnc(-c2cc(C(=O)NC(C)c3ccc(F)cc3)cc(N(C)S(C)(=O)=O)c2)o1. The van der Waals surface area contributed by atoms with E-state index in [0.717, 1.165) is 10.6 Å². The molecule has 0 aliphatic carbocycles. The maximum Gasteiger partial charge on any atom is 0.251 e. The Kier molecular flexibility index (Phi) is 6.60. The van der Waals surface area contributed by atoms with Crippen molar-refractivity contribution in [2.75, 3.05) is 17.6 Å². The number of aromatic nitrogens is 2. The van der Waals surface area contributed by atoms with Gasteiger partial charge in [0.05, 0.1) is 24.0 Å². The number of rotatable bonds is 7. The highest BCUT2D eigenvalue weighted by Gasteiger charge is 2.20. The van der Waals surface area contributed by atoms with Crippen LogP contribution in [0.5, 0.6) is 0 Å². The molecule has 170 valence electrons. The summed E-state index contributed by atoms with van der Waals surface area (Å²) in [6.07, 6.45) is 1.05. The number of carbonyl (C=O) groups is 1. The van der Waals surface area contributed by atoms with Gasteiger partial charge in [0, 0.05) is 18.2 Å². The topological polar surface area (TPSA) is 131 Å². The number of halogens is 1. The van der Waals surface area contributed by atoms with Crippen LogP contribution in [0.1, 0.15) is 47.7 Å². The highest BCUT2D eigenvalue weighted by Crippen LogP contribution is 2.28. The van der Waals surface area contributed by atoms with Crippen LogP contribution in [0.3, 0.4) is 0 Å². The molecule has 0 saturated carbocycles. The molecule has 2 atom stereocenters. The van der Waals surface area contributed by atoms with E-state index in [0.29, 0.717) is 11.1 Å². The monoisotopic (exact) mass is 461 g/mol. The van der Waals surface area contributed by atoms with Crippen molar-refractivity contribution >= 4 is 21.6 Å². The summed E-state index contributed by atoms with van der Waals surface area (Å²) in [5.74, 6) is -0.530. The molecule has 11 heteroatoms. The summed E-state index contributed by atoms with van der Waals surface area (Å²) in [5, 5.41) is 10.7. The molecule has 0 fully saturated rings. The first-order chi connectivity index (χ1) is 15.0. The van der Waals surface area contributed by atoms with E-state index < -0.39 is 28.0 Å². The first-order valence-electron chi connectivity index (χ1n) is 9.70. The molecular weight excluding hydrogens is 437 g/mol. The van der Waals surface area contributed by atoms with E-state index in [1.165, 1.54) is 37.4 Å². The van der Waals surface area contributed by atoms with Crippen molar-refractivity contribution in [1.82, 2.24) is 15.5 Å². The molecule has 0 saturated heterocycles. The summed E-state index contributed by atoms with van der Waals surface area (Å²) in [5.41, 5.74) is 7.26. The lowest BCUT2D eigenvalue weighted by Crippen LogP contribution is -2.28. The molecule has 2 unspecified atom stereocenters. The van der Waals surface area contributed by atoms with E-state index in [2.05, 4.69) is 15.5 Å². The van der Waals surface area contributed by atoms with Gasteiger partial charge in [-0.3, -0.25) is 9.10 Å². The van der Waals surface area contributed by atoms with Gasteiger partial charge >= 0.3 is 0 Å². The summed E-state index contributed by atoms with van der Waals surface area (Å²) in [6, 6.07) is 9.35. The van der Waals surface area contributed by atoms with Gasteiger partial charge in [0.15, 0.2) is 0 Å². The van der Waals surface area contributed by atoms with Crippen LogP contribution in [0.25, 0.3) is 11.5 Å². The number of hydrogen-bond acceptors (Lipinski definition) is 7. The molecule has 1 amide bonds. The van der Waals surface area contributed by atoms with Crippen LogP contribution >= 0.6 is 0 Å². The third kappa shape index (κ3) is 5.29. The van der Waals surface area contributed by atoms with Gasteiger partial charge < -0.3 is 15.5 Å². The standard InChI is InChI=1S/C21H24FN5O4S/c1-12(23)20-25-26-21(31-20)16-9-15(10-18(11-16)27(3)32(4,29)30)19(28)24-13(2)14-5-7-17(22)8-6-14/h5-13H,23H2,1-4H3,(H,24,28). The lowest BCUT2D eigenvalue weighted by molar-refractivity contribution is 0.0940. The molecule has 0 aliphatic rings. The quantitative estimate of drug-likeness (QED) is 0.553. The van der Waals surface area contributed by atoms with Gasteiger partial charge in [-0.25, -0.2) is 12.8 Å². The minimum absolute atomic E-state index is 0.0988.